The molecule has 2 aromatic rings. The average Bonchev–Trinajstić information content (AvgIpc) is 2.50. The van der Waals surface area contributed by atoms with Gasteiger partial charge in [-0.1, -0.05) is 15.9 Å². The van der Waals surface area contributed by atoms with Gasteiger partial charge in [-0.05, 0) is 29.1 Å². The third kappa shape index (κ3) is 3.00. The Bertz CT molecular complexity index is 766. The van der Waals surface area contributed by atoms with E-state index in [4.69, 9.17) is 5.11 Å². The first-order valence-electron chi connectivity index (χ1n) is 7.04. The Balaban J connectivity index is 1.83. The molecule has 22 heavy (non-hydrogen) atoms. The number of carboxylic acid groups (broad SMARTS) is 1. The van der Waals surface area contributed by atoms with E-state index in [-0.39, 0.29) is 5.56 Å². The number of aromatic nitrogens is 1. The van der Waals surface area contributed by atoms with Crippen LogP contribution in [0.2, 0.25) is 0 Å². The molecule has 0 spiro atoms. The molecule has 6 nitrogen and oxygen atoms in total. The molecule has 1 fully saturated rings. The first kappa shape index (κ1) is 15.1. The van der Waals surface area contributed by atoms with Crippen LogP contribution >= 0.6 is 15.9 Å². The monoisotopic (exact) mass is 365 g/mol. The van der Waals surface area contributed by atoms with Crippen molar-refractivity contribution < 1.29 is 9.90 Å². The summed E-state index contributed by atoms with van der Waals surface area (Å²) in [5.41, 5.74) is 0.946. The first-order chi connectivity index (χ1) is 10.5. The number of amides is 1. The number of nitrogens with zero attached hydrogens (tertiary/aromatic N) is 2. The van der Waals surface area contributed by atoms with Crippen molar-refractivity contribution in [1.82, 2.24) is 14.8 Å². The molecular weight excluding hydrogens is 350 g/mol. The van der Waals surface area contributed by atoms with E-state index < -0.39 is 6.09 Å². The fourth-order valence-corrected chi connectivity index (χ4v) is 3.12. The second-order valence-corrected chi connectivity index (χ2v) is 6.29. The van der Waals surface area contributed by atoms with Crippen LogP contribution in [-0.4, -0.2) is 52.2 Å². The highest BCUT2D eigenvalue weighted by molar-refractivity contribution is 9.10. The van der Waals surface area contributed by atoms with Gasteiger partial charge >= 0.3 is 6.09 Å². The van der Waals surface area contributed by atoms with Crippen molar-refractivity contribution in [2.24, 2.45) is 0 Å². The summed E-state index contributed by atoms with van der Waals surface area (Å²) in [6.07, 6.45) is 0.888. The summed E-state index contributed by atoms with van der Waals surface area (Å²) in [4.78, 5) is 29.2. The number of nitrogens with one attached hydrogen (secondary N) is 1. The maximum Gasteiger partial charge on any atom is 0.407 e. The summed E-state index contributed by atoms with van der Waals surface area (Å²) in [7, 11) is 0. The van der Waals surface area contributed by atoms with Gasteiger partial charge in [-0.3, -0.25) is 9.69 Å². The van der Waals surface area contributed by atoms with Gasteiger partial charge in [0.05, 0.1) is 0 Å². The number of piperazine rings is 1. The van der Waals surface area contributed by atoms with Gasteiger partial charge in [0, 0.05) is 48.8 Å². The number of pyridine rings is 1. The van der Waals surface area contributed by atoms with Crippen molar-refractivity contribution in [2.75, 3.05) is 26.2 Å². The van der Waals surface area contributed by atoms with Gasteiger partial charge in [0.2, 0.25) is 0 Å². The van der Waals surface area contributed by atoms with Gasteiger partial charge in [-0.25, -0.2) is 4.79 Å². The summed E-state index contributed by atoms with van der Waals surface area (Å²) in [6.45, 7) is 3.11. The second kappa shape index (κ2) is 6.10. The smallest absolute Gasteiger partial charge is 0.407 e. The Kier molecular flexibility index (Phi) is 4.17. The minimum Gasteiger partial charge on any atom is -0.465 e. The zero-order valence-electron chi connectivity index (χ0n) is 11.9. The second-order valence-electron chi connectivity index (χ2n) is 5.38. The number of fused-ring (bicyclic) bond motifs is 1. The van der Waals surface area contributed by atoms with E-state index in [0.29, 0.717) is 38.1 Å². The van der Waals surface area contributed by atoms with Crippen LogP contribution in [0.15, 0.2) is 33.7 Å². The fourth-order valence-electron chi connectivity index (χ4n) is 2.76. The van der Waals surface area contributed by atoms with E-state index >= 15 is 0 Å². The van der Waals surface area contributed by atoms with Crippen LogP contribution in [0.5, 0.6) is 0 Å². The van der Waals surface area contributed by atoms with Crippen LogP contribution in [0.1, 0.15) is 5.56 Å². The number of benzene rings is 1. The number of hydrogen-bond donors (Lipinski definition) is 2. The van der Waals surface area contributed by atoms with E-state index in [0.717, 1.165) is 15.4 Å². The number of halogens is 1. The molecule has 2 N–H and O–H groups in total. The molecule has 1 amide bonds. The highest BCUT2D eigenvalue weighted by atomic mass is 79.9. The van der Waals surface area contributed by atoms with E-state index in [9.17, 15) is 9.59 Å². The van der Waals surface area contributed by atoms with Gasteiger partial charge in [-0.2, -0.15) is 0 Å². The third-order valence-electron chi connectivity index (χ3n) is 3.99. The number of hydrogen-bond acceptors (Lipinski definition) is 3. The van der Waals surface area contributed by atoms with Crippen molar-refractivity contribution >= 4 is 32.8 Å². The third-order valence-corrected chi connectivity index (χ3v) is 4.48. The predicted octanol–water partition coefficient (Wildman–Crippen LogP) is 2.09. The molecule has 1 aromatic carbocycles. The molecule has 0 unspecified atom stereocenters. The SMILES string of the molecule is O=C(O)N1CCN(Cc2c[nH]c(=O)c3ccc(Br)cc23)CC1. The average molecular weight is 366 g/mol. The highest BCUT2D eigenvalue weighted by Crippen LogP contribution is 2.21. The minimum absolute atomic E-state index is 0.0954. The van der Waals surface area contributed by atoms with E-state index in [2.05, 4.69) is 25.8 Å². The first-order valence-corrected chi connectivity index (χ1v) is 7.84. The van der Waals surface area contributed by atoms with Crippen LogP contribution in [0.25, 0.3) is 10.8 Å². The lowest BCUT2D eigenvalue weighted by Crippen LogP contribution is -2.47. The van der Waals surface area contributed by atoms with Crippen LogP contribution in [-0.2, 0) is 6.54 Å². The van der Waals surface area contributed by atoms with E-state index in [1.807, 2.05) is 18.2 Å². The van der Waals surface area contributed by atoms with Crippen LogP contribution < -0.4 is 5.56 Å². The van der Waals surface area contributed by atoms with E-state index in [1.165, 1.54) is 4.90 Å². The topological polar surface area (TPSA) is 76.6 Å². The van der Waals surface area contributed by atoms with Gasteiger partial charge in [0.1, 0.15) is 0 Å². The van der Waals surface area contributed by atoms with Gasteiger partial charge in [-0.15, -0.1) is 0 Å². The molecule has 0 radical (unpaired) electrons. The summed E-state index contributed by atoms with van der Waals surface area (Å²) in [6, 6.07) is 5.62. The Hall–Kier alpha value is -1.86. The molecule has 1 aromatic heterocycles. The summed E-state index contributed by atoms with van der Waals surface area (Å²) in [5.74, 6) is 0. The minimum atomic E-state index is -0.863. The van der Waals surface area contributed by atoms with Crippen LogP contribution in [0, 0.1) is 0 Å². The summed E-state index contributed by atoms with van der Waals surface area (Å²) < 4.78 is 0.933. The molecule has 0 aliphatic carbocycles. The lowest BCUT2D eigenvalue weighted by atomic mass is 10.1. The van der Waals surface area contributed by atoms with Crippen molar-refractivity contribution in [1.29, 1.82) is 0 Å². The molecular formula is C15H16BrN3O3. The Morgan fingerprint density at radius 3 is 2.64 bits per heavy atom. The Morgan fingerprint density at radius 1 is 1.23 bits per heavy atom. The molecule has 1 saturated heterocycles. The standard InChI is InChI=1S/C15H16BrN3O3/c16-11-1-2-12-13(7-11)10(8-17-14(12)20)9-18-3-5-19(6-4-18)15(21)22/h1-2,7-8H,3-6,9H2,(H,17,20)(H,21,22). The van der Waals surface area contributed by atoms with E-state index in [1.54, 1.807) is 6.20 Å². The van der Waals surface area contributed by atoms with Gasteiger partial charge in [0.15, 0.2) is 0 Å². The zero-order chi connectivity index (χ0) is 15.7. The predicted molar refractivity (Wildman–Crippen MR) is 87.1 cm³/mol. The molecule has 3 rings (SSSR count). The molecule has 1 aliphatic heterocycles. The number of rotatable bonds is 2. The van der Waals surface area contributed by atoms with Crippen LogP contribution in [0.3, 0.4) is 0 Å². The van der Waals surface area contributed by atoms with Gasteiger partial charge < -0.3 is 15.0 Å². The molecule has 1 aliphatic rings. The Labute approximate surface area is 135 Å². The molecule has 0 bridgehead atoms. The lowest BCUT2D eigenvalue weighted by Gasteiger charge is -2.33. The number of aromatic amines is 1. The van der Waals surface area contributed by atoms with Crippen molar-refractivity contribution in [3.63, 3.8) is 0 Å². The zero-order valence-corrected chi connectivity index (χ0v) is 13.5. The van der Waals surface area contributed by atoms with Gasteiger partial charge in [0.25, 0.3) is 5.56 Å². The lowest BCUT2D eigenvalue weighted by molar-refractivity contribution is 0.103. The summed E-state index contributed by atoms with van der Waals surface area (Å²) >= 11 is 3.44. The summed E-state index contributed by atoms with van der Waals surface area (Å²) in [5, 5.41) is 10.6. The fraction of sp³-hybridized carbons (Fsp3) is 0.333. The largest absolute Gasteiger partial charge is 0.465 e. The Morgan fingerprint density at radius 2 is 1.95 bits per heavy atom. The molecule has 116 valence electrons. The molecule has 0 saturated carbocycles. The van der Waals surface area contributed by atoms with Crippen molar-refractivity contribution in [2.45, 2.75) is 6.54 Å². The number of H-pyrrole nitrogens is 1. The maximum absolute atomic E-state index is 11.9. The normalized spacial score (nSPS) is 16.1. The molecule has 2 heterocycles. The molecule has 0 atom stereocenters. The van der Waals surface area contributed by atoms with Crippen LogP contribution in [0.4, 0.5) is 4.79 Å². The maximum atomic E-state index is 11.9. The quantitative estimate of drug-likeness (QED) is 0.854. The molecule has 7 heteroatoms. The van der Waals surface area contributed by atoms with Crippen molar-refractivity contribution in [3.05, 3.63) is 44.8 Å². The highest BCUT2D eigenvalue weighted by Gasteiger charge is 2.20. The number of carbonyl (C=O) groups is 1. The van der Waals surface area contributed by atoms with Crippen molar-refractivity contribution in [3.8, 4) is 0 Å².